The van der Waals surface area contributed by atoms with E-state index in [-0.39, 0.29) is 0 Å². The molecule has 0 aliphatic heterocycles. The normalized spacial score (nSPS) is 16.1. The Morgan fingerprint density at radius 2 is 1.95 bits per heavy atom. The van der Waals surface area contributed by atoms with Gasteiger partial charge in [-0.15, -0.1) is 0 Å². The zero-order valence-electron chi connectivity index (χ0n) is 13.4. The second-order valence-corrected chi connectivity index (χ2v) is 5.96. The first-order chi connectivity index (χ1) is 9.80. The van der Waals surface area contributed by atoms with Crippen LogP contribution in [0.3, 0.4) is 0 Å². The van der Waals surface area contributed by atoms with E-state index >= 15 is 0 Å². The molecule has 0 bridgehead atoms. The van der Waals surface area contributed by atoms with Crippen LogP contribution >= 0.6 is 0 Å². The van der Waals surface area contributed by atoms with E-state index in [1.54, 1.807) is 0 Å². The fourth-order valence-electron chi connectivity index (χ4n) is 2.87. The summed E-state index contributed by atoms with van der Waals surface area (Å²) in [7, 11) is 0. The number of nitrogens with zero attached hydrogens (tertiary/aromatic N) is 1. The fourth-order valence-corrected chi connectivity index (χ4v) is 2.87. The van der Waals surface area contributed by atoms with Gasteiger partial charge in [0.15, 0.2) is 0 Å². The maximum absolute atomic E-state index is 3.70. The SMILES string of the molecule is CCCNC(CC)c1ccccc1N(CC)CC1CC1. The molecule has 2 nitrogen and oxygen atoms in total. The molecule has 0 saturated heterocycles. The lowest BCUT2D eigenvalue weighted by molar-refractivity contribution is 0.517. The Labute approximate surface area is 124 Å². The van der Waals surface area contributed by atoms with Crippen molar-refractivity contribution in [1.82, 2.24) is 5.32 Å². The molecule has 0 radical (unpaired) electrons. The molecule has 0 aromatic heterocycles. The Kier molecular flexibility index (Phi) is 5.90. The predicted octanol–water partition coefficient (Wildman–Crippen LogP) is 4.37. The molecule has 1 atom stereocenters. The monoisotopic (exact) mass is 274 g/mol. The van der Waals surface area contributed by atoms with Crippen molar-refractivity contribution in [3.8, 4) is 0 Å². The van der Waals surface area contributed by atoms with Gasteiger partial charge in [-0.25, -0.2) is 0 Å². The highest BCUT2D eigenvalue weighted by atomic mass is 15.1. The van der Waals surface area contributed by atoms with Gasteiger partial charge in [0.25, 0.3) is 0 Å². The minimum Gasteiger partial charge on any atom is -0.371 e. The van der Waals surface area contributed by atoms with Crippen molar-refractivity contribution in [2.24, 2.45) is 5.92 Å². The second-order valence-electron chi connectivity index (χ2n) is 5.96. The lowest BCUT2D eigenvalue weighted by Crippen LogP contribution is -2.29. The summed E-state index contributed by atoms with van der Waals surface area (Å²) in [6.07, 6.45) is 5.18. The van der Waals surface area contributed by atoms with Gasteiger partial charge < -0.3 is 10.2 Å². The quantitative estimate of drug-likeness (QED) is 0.719. The van der Waals surface area contributed by atoms with E-state index in [4.69, 9.17) is 0 Å². The molecule has 20 heavy (non-hydrogen) atoms. The summed E-state index contributed by atoms with van der Waals surface area (Å²) in [6, 6.07) is 9.46. The van der Waals surface area contributed by atoms with Gasteiger partial charge in [-0.2, -0.15) is 0 Å². The van der Waals surface area contributed by atoms with Gasteiger partial charge >= 0.3 is 0 Å². The van der Waals surface area contributed by atoms with Crippen molar-refractivity contribution in [3.63, 3.8) is 0 Å². The van der Waals surface area contributed by atoms with Crippen molar-refractivity contribution < 1.29 is 0 Å². The molecule has 0 heterocycles. The lowest BCUT2D eigenvalue weighted by Gasteiger charge is -2.29. The average Bonchev–Trinajstić information content (AvgIpc) is 3.30. The molecular formula is C18H30N2. The molecule has 1 aliphatic rings. The zero-order chi connectivity index (χ0) is 14.4. The summed E-state index contributed by atoms with van der Waals surface area (Å²) in [6.45, 7) is 10.2. The zero-order valence-corrected chi connectivity index (χ0v) is 13.4. The highest BCUT2D eigenvalue weighted by Gasteiger charge is 2.25. The summed E-state index contributed by atoms with van der Waals surface area (Å²) in [5.41, 5.74) is 2.92. The van der Waals surface area contributed by atoms with Crippen LogP contribution in [-0.4, -0.2) is 19.6 Å². The van der Waals surface area contributed by atoms with Crippen molar-refractivity contribution in [3.05, 3.63) is 29.8 Å². The van der Waals surface area contributed by atoms with E-state index in [1.807, 2.05) is 0 Å². The number of anilines is 1. The van der Waals surface area contributed by atoms with Crippen LogP contribution in [0.2, 0.25) is 0 Å². The first-order valence-corrected chi connectivity index (χ1v) is 8.37. The van der Waals surface area contributed by atoms with Crippen LogP contribution in [0.5, 0.6) is 0 Å². The topological polar surface area (TPSA) is 15.3 Å². The van der Waals surface area contributed by atoms with Crippen molar-refractivity contribution in [2.75, 3.05) is 24.5 Å². The van der Waals surface area contributed by atoms with Gasteiger partial charge in [0.05, 0.1) is 0 Å². The number of hydrogen-bond donors (Lipinski definition) is 1. The van der Waals surface area contributed by atoms with Gasteiger partial charge in [-0.05, 0) is 56.7 Å². The molecule has 1 aliphatic carbocycles. The van der Waals surface area contributed by atoms with E-state index in [9.17, 15) is 0 Å². The maximum atomic E-state index is 3.70. The third-order valence-corrected chi connectivity index (χ3v) is 4.26. The molecular weight excluding hydrogens is 244 g/mol. The maximum Gasteiger partial charge on any atom is 0.0414 e. The minimum absolute atomic E-state index is 0.486. The summed E-state index contributed by atoms with van der Waals surface area (Å²) in [5.74, 6) is 0.937. The molecule has 2 rings (SSSR count). The van der Waals surface area contributed by atoms with Crippen LogP contribution in [0.1, 0.15) is 58.1 Å². The number of rotatable bonds is 9. The molecule has 0 amide bonds. The number of para-hydroxylation sites is 1. The first kappa shape index (κ1) is 15.4. The van der Waals surface area contributed by atoms with Gasteiger partial charge in [0, 0.05) is 24.8 Å². The highest BCUT2D eigenvalue weighted by molar-refractivity contribution is 5.55. The molecule has 0 spiro atoms. The summed E-state index contributed by atoms with van der Waals surface area (Å²) >= 11 is 0. The van der Waals surface area contributed by atoms with Crippen LogP contribution in [0.4, 0.5) is 5.69 Å². The third-order valence-electron chi connectivity index (χ3n) is 4.26. The van der Waals surface area contributed by atoms with E-state index in [0.29, 0.717) is 6.04 Å². The van der Waals surface area contributed by atoms with Crippen LogP contribution in [0.15, 0.2) is 24.3 Å². The highest BCUT2D eigenvalue weighted by Crippen LogP contribution is 2.34. The summed E-state index contributed by atoms with van der Waals surface area (Å²) in [4.78, 5) is 2.57. The van der Waals surface area contributed by atoms with Crippen LogP contribution in [-0.2, 0) is 0 Å². The standard InChI is InChI=1S/C18H30N2/c1-4-13-19-17(5-2)16-9-7-8-10-18(16)20(6-3)14-15-11-12-15/h7-10,15,17,19H,4-6,11-14H2,1-3H3. The lowest BCUT2D eigenvalue weighted by atomic mass is 10.0. The van der Waals surface area contributed by atoms with E-state index in [0.717, 1.165) is 25.4 Å². The van der Waals surface area contributed by atoms with E-state index < -0.39 is 0 Å². The third kappa shape index (κ3) is 3.99. The number of nitrogens with one attached hydrogen (secondary N) is 1. The number of hydrogen-bond acceptors (Lipinski definition) is 2. The number of benzene rings is 1. The summed E-state index contributed by atoms with van der Waals surface area (Å²) in [5, 5.41) is 3.70. The largest absolute Gasteiger partial charge is 0.371 e. The Morgan fingerprint density at radius 1 is 1.20 bits per heavy atom. The Morgan fingerprint density at radius 3 is 2.55 bits per heavy atom. The average molecular weight is 274 g/mol. The molecule has 1 aromatic rings. The van der Waals surface area contributed by atoms with Crippen molar-refractivity contribution in [1.29, 1.82) is 0 Å². The Balaban J connectivity index is 2.17. The minimum atomic E-state index is 0.486. The van der Waals surface area contributed by atoms with Gasteiger partial charge in [0.2, 0.25) is 0 Å². The molecule has 1 aromatic carbocycles. The van der Waals surface area contributed by atoms with Gasteiger partial charge in [-0.3, -0.25) is 0 Å². The molecule has 112 valence electrons. The van der Waals surface area contributed by atoms with E-state index in [2.05, 4.69) is 55.3 Å². The van der Waals surface area contributed by atoms with E-state index in [1.165, 1.54) is 37.1 Å². The molecule has 1 N–H and O–H groups in total. The second kappa shape index (κ2) is 7.68. The van der Waals surface area contributed by atoms with Crippen molar-refractivity contribution in [2.45, 2.75) is 52.5 Å². The van der Waals surface area contributed by atoms with Gasteiger partial charge in [0.1, 0.15) is 0 Å². The molecule has 1 fully saturated rings. The molecule has 1 unspecified atom stereocenters. The Hall–Kier alpha value is -1.02. The first-order valence-electron chi connectivity index (χ1n) is 8.37. The fraction of sp³-hybridized carbons (Fsp3) is 0.667. The molecule has 1 saturated carbocycles. The van der Waals surface area contributed by atoms with Crippen LogP contribution < -0.4 is 10.2 Å². The summed E-state index contributed by atoms with van der Waals surface area (Å²) < 4.78 is 0. The van der Waals surface area contributed by atoms with Gasteiger partial charge in [-0.1, -0.05) is 32.0 Å². The van der Waals surface area contributed by atoms with Crippen LogP contribution in [0.25, 0.3) is 0 Å². The van der Waals surface area contributed by atoms with Crippen molar-refractivity contribution >= 4 is 5.69 Å². The van der Waals surface area contributed by atoms with Crippen LogP contribution in [0, 0.1) is 5.92 Å². The Bertz CT molecular complexity index is 398. The smallest absolute Gasteiger partial charge is 0.0414 e. The molecule has 2 heteroatoms. The predicted molar refractivity (Wildman–Crippen MR) is 88.4 cm³/mol.